The standard InChI is InChI=1S/C52H70FN11O8/c1-31(56-6)49(67)58-46(52(3,4)5)51(69)63-29-35-24-37(13-11-33(35)25-43(63)48(55)66)72-23-22-71-21-20-70-19-15-44(65)60(7)17-18-64-32(2)45-34-26-42(47(54)57-28-34)62-16-9-10-41(62)39-27-36(53)12-14-38(39)50(68)61(8)30-40(45)59-64/h11-14,24,26-28,31,41,43,46,56H,9-10,15-23,25,29-30H2,1-8H3,(H2,54,57)(H2,55,66)(H,58,67)/t31-,41+,43-,46+/m0/s1. The van der Waals surface area contributed by atoms with Crippen molar-refractivity contribution in [2.24, 2.45) is 11.1 Å². The molecule has 20 heteroatoms. The van der Waals surface area contributed by atoms with E-state index in [9.17, 15) is 28.4 Å². The van der Waals surface area contributed by atoms with E-state index in [1.165, 1.54) is 17.0 Å². The van der Waals surface area contributed by atoms with Gasteiger partial charge in [0.05, 0.1) is 69.4 Å². The molecule has 3 aliphatic heterocycles. The Kier molecular flexibility index (Phi) is 16.9. The van der Waals surface area contributed by atoms with E-state index in [1.54, 1.807) is 56.2 Å². The Morgan fingerprint density at radius 3 is 2.46 bits per heavy atom. The molecule has 5 heterocycles. The molecule has 0 aliphatic carbocycles. The summed E-state index contributed by atoms with van der Waals surface area (Å²) in [5.74, 6) is -1.15. The van der Waals surface area contributed by atoms with Gasteiger partial charge in [0, 0.05) is 68.7 Å². The fourth-order valence-corrected chi connectivity index (χ4v) is 9.64. The number of carbonyl (C=O) groups is 5. The normalized spacial score (nSPS) is 17.4. The molecule has 4 atom stereocenters. The zero-order valence-corrected chi connectivity index (χ0v) is 42.8. The maximum atomic E-state index is 14.7. The molecule has 0 radical (unpaired) electrons. The maximum absolute atomic E-state index is 14.7. The average Bonchev–Trinajstić information content (AvgIpc) is 3.96. The second-order valence-electron chi connectivity index (χ2n) is 20.0. The number of amides is 5. The van der Waals surface area contributed by atoms with Gasteiger partial charge in [-0.3, -0.25) is 28.7 Å². The van der Waals surface area contributed by atoms with Crippen molar-refractivity contribution in [2.75, 3.05) is 77.9 Å². The van der Waals surface area contributed by atoms with Gasteiger partial charge in [-0.05, 0) is 92.2 Å². The lowest BCUT2D eigenvalue weighted by Crippen LogP contribution is -2.61. The zero-order chi connectivity index (χ0) is 52.0. The fourth-order valence-electron chi connectivity index (χ4n) is 9.64. The Balaban J connectivity index is 0.870. The minimum Gasteiger partial charge on any atom is -0.491 e. The fraction of sp³-hybridized carbons (Fsp3) is 0.519. The number of nitrogens with zero attached hydrogens (tertiary/aromatic N) is 7. The van der Waals surface area contributed by atoms with Crippen molar-refractivity contribution in [1.29, 1.82) is 0 Å². The van der Waals surface area contributed by atoms with Crippen molar-refractivity contribution in [2.45, 2.75) is 104 Å². The van der Waals surface area contributed by atoms with Gasteiger partial charge in [-0.1, -0.05) is 26.8 Å². The molecule has 1 fully saturated rings. The number of nitrogens with two attached hydrogens (primary N) is 2. The number of likely N-dealkylation sites (N-methyl/N-ethyl adjacent to an activating group) is 2. The highest BCUT2D eigenvalue weighted by atomic mass is 19.1. The topological polar surface area (TPSA) is 233 Å². The van der Waals surface area contributed by atoms with E-state index in [-0.39, 0.29) is 82.0 Å². The van der Waals surface area contributed by atoms with Crippen molar-refractivity contribution in [3.8, 4) is 16.9 Å². The molecule has 2 aromatic carbocycles. The van der Waals surface area contributed by atoms with Crippen LogP contribution in [0.2, 0.25) is 0 Å². The summed E-state index contributed by atoms with van der Waals surface area (Å²) in [7, 11) is 5.12. The summed E-state index contributed by atoms with van der Waals surface area (Å²) in [5, 5.41) is 10.7. The van der Waals surface area contributed by atoms with Crippen LogP contribution in [0.1, 0.15) is 91.4 Å². The Bertz CT molecular complexity index is 2650. The summed E-state index contributed by atoms with van der Waals surface area (Å²) >= 11 is 0. The van der Waals surface area contributed by atoms with Gasteiger partial charge in [0.1, 0.15) is 36.1 Å². The van der Waals surface area contributed by atoms with Crippen molar-refractivity contribution >= 4 is 41.0 Å². The SMILES string of the molecule is CN[C@@H](C)C(=O)N[C@H](C(=O)N1Cc2cc(OCCOCCOCCC(=O)N(C)CCn3nc4c(c3C)-c3cnc(N)c(c3)N3CCC[C@@H]3c3cc(F)ccc3C(=O)N(C)C4)ccc2C[C@H]1C(N)=O)C(C)(C)C. The van der Waals surface area contributed by atoms with Gasteiger partial charge in [0.15, 0.2) is 0 Å². The molecular weight excluding hydrogens is 926 g/mol. The second kappa shape index (κ2) is 22.8. The number of primary amides is 1. The first-order valence-electron chi connectivity index (χ1n) is 24.6. The van der Waals surface area contributed by atoms with E-state index in [2.05, 4.69) is 20.5 Å². The first kappa shape index (κ1) is 53.2. The van der Waals surface area contributed by atoms with Crippen molar-refractivity contribution in [1.82, 2.24) is 40.1 Å². The highest BCUT2D eigenvalue weighted by Gasteiger charge is 2.42. The number of rotatable bonds is 18. The highest BCUT2D eigenvalue weighted by molar-refractivity contribution is 5.96. The monoisotopic (exact) mass is 996 g/mol. The number of carbonyl (C=O) groups excluding carboxylic acids is 5. The second-order valence-corrected chi connectivity index (χ2v) is 20.0. The van der Waals surface area contributed by atoms with Crippen molar-refractivity contribution in [3.05, 3.63) is 88.1 Å². The summed E-state index contributed by atoms with van der Waals surface area (Å²) < 4.78 is 34.0. The number of pyridine rings is 1. The first-order chi connectivity index (χ1) is 34.3. The summed E-state index contributed by atoms with van der Waals surface area (Å²) in [6, 6.07) is 9.33. The van der Waals surface area contributed by atoms with Gasteiger partial charge >= 0.3 is 0 Å². The Labute approximate surface area is 420 Å². The van der Waals surface area contributed by atoms with Crippen LogP contribution in [-0.4, -0.2) is 144 Å². The Morgan fingerprint density at radius 2 is 1.74 bits per heavy atom. The number of ether oxygens (including phenoxy) is 3. The molecule has 2 aromatic heterocycles. The molecule has 2 bridgehead atoms. The number of nitrogen functional groups attached to an aromatic ring is 1. The average molecular weight is 996 g/mol. The summed E-state index contributed by atoms with van der Waals surface area (Å²) in [6.07, 6.45) is 3.71. The molecule has 19 nitrogen and oxygen atoms in total. The van der Waals surface area contributed by atoms with Crippen LogP contribution in [0.4, 0.5) is 15.9 Å². The predicted molar refractivity (Wildman–Crippen MR) is 269 cm³/mol. The van der Waals surface area contributed by atoms with Gasteiger partial charge in [-0.25, -0.2) is 9.37 Å². The number of hydrogen-bond donors (Lipinski definition) is 4. The van der Waals surface area contributed by atoms with Crippen molar-refractivity contribution < 1.29 is 42.6 Å². The van der Waals surface area contributed by atoms with Crippen molar-refractivity contribution in [3.63, 3.8) is 0 Å². The van der Waals surface area contributed by atoms with E-state index < -0.39 is 35.3 Å². The van der Waals surface area contributed by atoms with E-state index >= 15 is 0 Å². The molecule has 7 rings (SSSR count). The third-order valence-electron chi connectivity index (χ3n) is 13.9. The van der Waals surface area contributed by atoms with Crippen LogP contribution >= 0.6 is 0 Å². The molecule has 1 saturated heterocycles. The van der Waals surface area contributed by atoms with Gasteiger partial charge in [-0.2, -0.15) is 5.10 Å². The van der Waals surface area contributed by atoms with Crippen LogP contribution in [-0.2, 0) is 54.7 Å². The van der Waals surface area contributed by atoms with Crippen LogP contribution in [0, 0.1) is 18.2 Å². The van der Waals surface area contributed by atoms with Gasteiger partial charge in [0.25, 0.3) is 5.91 Å². The highest BCUT2D eigenvalue weighted by Crippen LogP contribution is 2.42. The summed E-state index contributed by atoms with van der Waals surface area (Å²) in [5.41, 5.74) is 18.3. The number of benzene rings is 2. The molecule has 5 amide bonds. The minimum atomic E-state index is -0.898. The molecule has 0 saturated carbocycles. The van der Waals surface area contributed by atoms with Gasteiger partial charge in [-0.15, -0.1) is 0 Å². The van der Waals surface area contributed by atoms with Crippen LogP contribution in [0.3, 0.4) is 0 Å². The third kappa shape index (κ3) is 12.0. The lowest BCUT2D eigenvalue weighted by molar-refractivity contribution is -0.146. The molecule has 72 heavy (non-hydrogen) atoms. The number of fused-ring (bicyclic) bond motifs is 9. The van der Waals surface area contributed by atoms with Gasteiger partial charge < -0.3 is 55.9 Å². The van der Waals surface area contributed by atoms with E-state index in [0.29, 0.717) is 54.6 Å². The van der Waals surface area contributed by atoms with Crippen LogP contribution in [0.5, 0.6) is 5.75 Å². The zero-order valence-electron chi connectivity index (χ0n) is 42.8. The summed E-state index contributed by atoms with van der Waals surface area (Å²) in [4.78, 5) is 78.1. The lowest BCUT2D eigenvalue weighted by Gasteiger charge is -2.40. The van der Waals surface area contributed by atoms with E-state index in [4.69, 9.17) is 30.8 Å². The molecule has 3 aliphatic rings. The molecule has 4 aromatic rings. The van der Waals surface area contributed by atoms with E-state index in [0.717, 1.165) is 46.5 Å². The Morgan fingerprint density at radius 1 is 1.00 bits per heavy atom. The lowest BCUT2D eigenvalue weighted by atomic mass is 9.84. The first-order valence-corrected chi connectivity index (χ1v) is 24.6. The number of nitrogens with one attached hydrogen (secondary N) is 2. The smallest absolute Gasteiger partial charge is 0.254 e. The third-order valence-corrected chi connectivity index (χ3v) is 13.9. The van der Waals surface area contributed by atoms with Crippen LogP contribution in [0.25, 0.3) is 11.1 Å². The quantitative estimate of drug-likeness (QED) is 0.104. The predicted octanol–water partition coefficient (Wildman–Crippen LogP) is 3.74. The number of hydrogen-bond acceptors (Lipinski definition) is 13. The number of anilines is 2. The molecule has 0 spiro atoms. The maximum Gasteiger partial charge on any atom is 0.254 e. The minimum absolute atomic E-state index is 0.0939. The van der Waals surface area contributed by atoms with Crippen LogP contribution < -0.4 is 31.7 Å². The van der Waals surface area contributed by atoms with Gasteiger partial charge in [0.2, 0.25) is 23.6 Å². The Hall–Kier alpha value is -6.64. The number of aromatic nitrogens is 3. The number of halogens is 1. The molecule has 6 N–H and O–H groups in total. The molecule has 388 valence electrons. The molecule has 0 unspecified atom stereocenters. The largest absolute Gasteiger partial charge is 0.491 e. The molecular formula is C52H70FN11O8. The van der Waals surface area contributed by atoms with Crippen LogP contribution in [0.15, 0.2) is 48.7 Å². The van der Waals surface area contributed by atoms with E-state index in [1.807, 2.05) is 50.6 Å². The summed E-state index contributed by atoms with van der Waals surface area (Å²) in [6.45, 7) is 12.3.